The van der Waals surface area contributed by atoms with E-state index >= 15 is 0 Å². The lowest BCUT2D eigenvalue weighted by Gasteiger charge is -2.36. The number of carbonyl (C=O) groups is 1. The molecule has 5 atom stereocenters. The Labute approximate surface area is 134 Å². The molecule has 118 valence electrons. The number of hydrogen-bond donors (Lipinski definition) is 0. The van der Waals surface area contributed by atoms with Gasteiger partial charge in [-0.15, -0.1) is 0 Å². The van der Waals surface area contributed by atoms with Crippen molar-refractivity contribution in [2.45, 2.75) is 60.0 Å². The first kappa shape index (κ1) is 16.7. The number of hydrogen-bond acceptors (Lipinski definition) is 2. The normalized spacial score (nSPS) is 37.6. The fourth-order valence-corrected chi connectivity index (χ4v) is 4.00. The van der Waals surface area contributed by atoms with Gasteiger partial charge in [-0.3, -0.25) is 4.79 Å². The lowest BCUT2D eigenvalue weighted by atomic mass is 9.75. The maximum atomic E-state index is 12.5. The van der Waals surface area contributed by atoms with Crippen LogP contribution in [0.15, 0.2) is 0 Å². The molecule has 0 aromatic rings. The minimum Gasteiger partial charge on any atom is -0.462 e. The van der Waals surface area contributed by atoms with Crippen molar-refractivity contribution in [3.63, 3.8) is 0 Å². The van der Waals surface area contributed by atoms with Crippen LogP contribution in [0, 0.1) is 46.3 Å². The van der Waals surface area contributed by atoms with E-state index in [0.29, 0.717) is 17.8 Å². The molecule has 2 aliphatic rings. The van der Waals surface area contributed by atoms with Gasteiger partial charge in [-0.25, -0.2) is 0 Å². The highest BCUT2D eigenvalue weighted by molar-refractivity contribution is 6.30. The molecular weight excluding hydrogens is 284 g/mol. The van der Waals surface area contributed by atoms with E-state index in [1.807, 2.05) is 0 Å². The van der Waals surface area contributed by atoms with Crippen LogP contribution in [0.25, 0.3) is 0 Å². The van der Waals surface area contributed by atoms with E-state index in [1.165, 1.54) is 6.42 Å². The third kappa shape index (κ3) is 3.39. The van der Waals surface area contributed by atoms with Crippen molar-refractivity contribution < 1.29 is 9.53 Å². The van der Waals surface area contributed by atoms with Crippen molar-refractivity contribution in [1.82, 2.24) is 0 Å². The minimum atomic E-state index is -0.117. The molecule has 0 bridgehead atoms. The molecular formula is C18H27ClO2. The van der Waals surface area contributed by atoms with Crippen LogP contribution in [0.2, 0.25) is 0 Å². The molecule has 0 aliphatic heterocycles. The van der Waals surface area contributed by atoms with Crippen LogP contribution >= 0.6 is 11.6 Å². The topological polar surface area (TPSA) is 26.3 Å². The van der Waals surface area contributed by atoms with Gasteiger partial charge in [0.1, 0.15) is 6.10 Å². The molecule has 2 aliphatic carbocycles. The van der Waals surface area contributed by atoms with Crippen LogP contribution in [0.3, 0.4) is 0 Å². The molecule has 21 heavy (non-hydrogen) atoms. The summed E-state index contributed by atoms with van der Waals surface area (Å²) in [5.41, 5.74) is -0.105. The zero-order chi connectivity index (χ0) is 15.8. The van der Waals surface area contributed by atoms with Crippen LogP contribution in [0.5, 0.6) is 0 Å². The van der Waals surface area contributed by atoms with Gasteiger partial charge in [0, 0.05) is 11.3 Å². The largest absolute Gasteiger partial charge is 0.462 e. The second-order valence-corrected chi connectivity index (χ2v) is 8.01. The van der Waals surface area contributed by atoms with Crippen LogP contribution in [0.4, 0.5) is 0 Å². The highest BCUT2D eigenvalue weighted by Gasteiger charge is 2.62. The second kappa shape index (κ2) is 6.21. The minimum absolute atomic E-state index is 0.0426. The molecule has 0 N–H and O–H groups in total. The van der Waals surface area contributed by atoms with Gasteiger partial charge in [0.05, 0.1) is 5.92 Å². The van der Waals surface area contributed by atoms with Crippen LogP contribution in [-0.2, 0) is 9.53 Å². The van der Waals surface area contributed by atoms with Gasteiger partial charge < -0.3 is 4.74 Å². The number of rotatable bonds is 3. The lowest BCUT2D eigenvalue weighted by molar-refractivity contribution is -0.158. The number of halogens is 1. The van der Waals surface area contributed by atoms with Gasteiger partial charge >= 0.3 is 5.97 Å². The number of esters is 1. The number of carbonyl (C=O) groups excluding carboxylic acids is 1. The Bertz CT molecular complexity index is 458. The van der Waals surface area contributed by atoms with E-state index in [2.05, 4.69) is 45.9 Å². The van der Waals surface area contributed by atoms with Crippen LogP contribution < -0.4 is 0 Å². The van der Waals surface area contributed by atoms with Crippen molar-refractivity contribution in [2.75, 3.05) is 0 Å². The summed E-state index contributed by atoms with van der Waals surface area (Å²) >= 11 is 5.50. The van der Waals surface area contributed by atoms with E-state index in [0.717, 1.165) is 12.8 Å². The van der Waals surface area contributed by atoms with Crippen molar-refractivity contribution in [1.29, 1.82) is 0 Å². The first-order chi connectivity index (χ1) is 9.78. The molecule has 2 unspecified atom stereocenters. The highest BCUT2D eigenvalue weighted by Crippen LogP contribution is 2.58. The molecule has 0 heterocycles. The zero-order valence-electron chi connectivity index (χ0n) is 13.8. The van der Waals surface area contributed by atoms with Crippen molar-refractivity contribution in [3.8, 4) is 11.3 Å². The fourth-order valence-electron chi connectivity index (χ4n) is 3.88. The van der Waals surface area contributed by atoms with Crippen molar-refractivity contribution in [3.05, 3.63) is 0 Å². The number of ether oxygens (including phenoxy) is 1. The van der Waals surface area contributed by atoms with Crippen LogP contribution in [0.1, 0.15) is 53.9 Å². The van der Waals surface area contributed by atoms with Gasteiger partial charge in [-0.2, -0.15) is 0 Å². The Morgan fingerprint density at radius 3 is 2.57 bits per heavy atom. The van der Waals surface area contributed by atoms with Crippen molar-refractivity contribution >= 4 is 17.6 Å². The standard InChI is InChI=1S/C18H27ClO2/c1-11(2)13-7-6-12(3)10-15(13)21-17(20)16-14(8-9-19)18(16,4)5/h11-16H,6-7,10H2,1-5H3/t12-,13+,14?,15-,16?/m0/s1. The van der Waals surface area contributed by atoms with Gasteiger partial charge in [0.15, 0.2) is 0 Å². The molecule has 0 aromatic heterocycles. The SMILES string of the molecule is CC(C)[C@H]1CC[C@H](C)C[C@@H]1OC(=O)C1C(C#CCl)C1(C)C. The summed E-state index contributed by atoms with van der Waals surface area (Å²) in [4.78, 5) is 12.5. The highest BCUT2D eigenvalue weighted by atomic mass is 35.5. The predicted molar refractivity (Wildman–Crippen MR) is 85.6 cm³/mol. The van der Waals surface area contributed by atoms with E-state index in [9.17, 15) is 4.79 Å². The summed E-state index contributed by atoms with van der Waals surface area (Å²) in [5.74, 6) is 4.48. The van der Waals surface area contributed by atoms with E-state index in [-0.39, 0.29) is 29.3 Å². The van der Waals surface area contributed by atoms with Gasteiger partial charge in [0.2, 0.25) is 0 Å². The van der Waals surface area contributed by atoms with E-state index in [4.69, 9.17) is 16.3 Å². The Morgan fingerprint density at radius 1 is 1.33 bits per heavy atom. The summed E-state index contributed by atoms with van der Waals surface area (Å²) < 4.78 is 5.92. The molecule has 2 rings (SSSR count). The zero-order valence-corrected chi connectivity index (χ0v) is 14.5. The molecule has 0 aromatic carbocycles. The molecule has 2 fully saturated rings. The molecule has 2 nitrogen and oxygen atoms in total. The summed E-state index contributed by atoms with van der Waals surface area (Å²) in [7, 11) is 0. The average Bonchev–Trinajstić information content (AvgIpc) is 2.91. The van der Waals surface area contributed by atoms with E-state index in [1.54, 1.807) is 0 Å². The fraction of sp³-hybridized carbons (Fsp3) is 0.833. The smallest absolute Gasteiger partial charge is 0.311 e. The maximum absolute atomic E-state index is 12.5. The summed E-state index contributed by atoms with van der Waals surface area (Å²) in [6.45, 7) is 10.8. The molecule has 0 radical (unpaired) electrons. The van der Waals surface area contributed by atoms with E-state index < -0.39 is 0 Å². The van der Waals surface area contributed by atoms with Gasteiger partial charge in [-0.05, 0) is 47.6 Å². The van der Waals surface area contributed by atoms with Gasteiger partial charge in [-0.1, -0.05) is 47.0 Å². The molecule has 0 spiro atoms. The third-order valence-electron chi connectivity index (χ3n) is 5.52. The maximum Gasteiger partial charge on any atom is 0.311 e. The summed E-state index contributed by atoms with van der Waals surface area (Å²) in [5, 5.41) is 2.42. The lowest BCUT2D eigenvalue weighted by Crippen LogP contribution is -2.36. The molecule has 0 amide bonds. The first-order valence-corrected chi connectivity index (χ1v) is 8.48. The predicted octanol–water partition coefficient (Wildman–Crippen LogP) is 4.46. The summed E-state index contributed by atoms with van der Waals surface area (Å²) in [6.07, 6.45) is 3.47. The third-order valence-corrected chi connectivity index (χ3v) is 5.63. The van der Waals surface area contributed by atoms with Gasteiger partial charge in [0.25, 0.3) is 0 Å². The summed E-state index contributed by atoms with van der Waals surface area (Å²) in [6, 6.07) is 0. The first-order valence-electron chi connectivity index (χ1n) is 8.10. The Kier molecular flexibility index (Phi) is 4.93. The second-order valence-electron chi connectivity index (χ2n) is 7.82. The average molecular weight is 311 g/mol. The molecule has 0 saturated heterocycles. The monoisotopic (exact) mass is 310 g/mol. The Balaban J connectivity index is 2.02. The Morgan fingerprint density at radius 2 is 2.00 bits per heavy atom. The quantitative estimate of drug-likeness (QED) is 0.568. The van der Waals surface area contributed by atoms with Crippen molar-refractivity contribution in [2.24, 2.45) is 35.0 Å². The Hall–Kier alpha value is -0.680. The molecule has 3 heteroatoms. The van der Waals surface area contributed by atoms with Crippen LogP contribution in [-0.4, -0.2) is 12.1 Å². The molecule has 2 saturated carbocycles.